The van der Waals surface area contributed by atoms with Gasteiger partial charge in [0.1, 0.15) is 5.82 Å². The van der Waals surface area contributed by atoms with Crippen LogP contribution in [0.1, 0.15) is 11.3 Å². The summed E-state index contributed by atoms with van der Waals surface area (Å²) in [6.07, 6.45) is 2.95. The molecule has 1 amide bonds. The van der Waals surface area contributed by atoms with Crippen LogP contribution in [0.4, 0.5) is 4.39 Å². The van der Waals surface area contributed by atoms with Gasteiger partial charge >= 0.3 is 0 Å². The Balaban J connectivity index is 1.84. The highest BCUT2D eigenvalue weighted by Crippen LogP contribution is 2.04. The van der Waals surface area contributed by atoms with E-state index in [1.807, 2.05) is 0 Å². The van der Waals surface area contributed by atoms with E-state index in [0.717, 1.165) is 11.3 Å². The number of nitrogens with one attached hydrogen (secondary N) is 1. The molecule has 0 spiro atoms. The van der Waals surface area contributed by atoms with E-state index in [-0.39, 0.29) is 17.3 Å². The second-order valence-electron chi connectivity index (χ2n) is 4.71. The minimum atomic E-state index is -0.322. The molecular weight excluding hydrogens is 285 g/mol. The number of carbonyl (C=O) groups excluding carboxylic acids is 1. The Labute approximate surface area is 127 Å². The second kappa shape index (κ2) is 7.31. The number of halogens is 1. The van der Waals surface area contributed by atoms with Gasteiger partial charge in [-0.25, -0.2) is 9.07 Å². The molecule has 0 atom stereocenters. The quantitative estimate of drug-likeness (QED) is 0.852. The van der Waals surface area contributed by atoms with Gasteiger partial charge in [-0.15, -0.1) is 0 Å². The summed E-state index contributed by atoms with van der Waals surface area (Å²) in [5, 5.41) is 6.73. The lowest BCUT2D eigenvalue weighted by atomic mass is 10.2. The highest BCUT2D eigenvalue weighted by molar-refractivity contribution is 5.91. The molecule has 5 nitrogen and oxygen atoms in total. The highest BCUT2D eigenvalue weighted by Gasteiger charge is 1.99. The molecular formula is C16H16FN3O2. The molecule has 0 saturated carbocycles. The molecule has 0 radical (unpaired) electrons. The Morgan fingerprint density at radius 3 is 2.73 bits per heavy atom. The van der Waals surface area contributed by atoms with Crippen LogP contribution in [-0.2, 0) is 11.3 Å². The van der Waals surface area contributed by atoms with Gasteiger partial charge in [0.05, 0.1) is 12.2 Å². The largest absolute Gasteiger partial charge is 0.351 e. The van der Waals surface area contributed by atoms with Gasteiger partial charge in [0.25, 0.3) is 5.56 Å². The Kier molecular flexibility index (Phi) is 5.19. The Bertz CT molecular complexity index is 736. The van der Waals surface area contributed by atoms with Crippen molar-refractivity contribution in [1.29, 1.82) is 0 Å². The first-order valence-electron chi connectivity index (χ1n) is 6.81. The van der Waals surface area contributed by atoms with Crippen molar-refractivity contribution >= 4 is 12.0 Å². The molecule has 6 heteroatoms. The number of aryl methyl sites for hydroxylation is 1. The van der Waals surface area contributed by atoms with Gasteiger partial charge < -0.3 is 5.32 Å². The summed E-state index contributed by atoms with van der Waals surface area (Å²) in [6.45, 7) is 2.39. The zero-order valence-corrected chi connectivity index (χ0v) is 12.1. The van der Waals surface area contributed by atoms with Gasteiger partial charge in [-0.2, -0.15) is 5.10 Å². The summed E-state index contributed by atoms with van der Waals surface area (Å²) < 4.78 is 14.0. The van der Waals surface area contributed by atoms with Crippen LogP contribution in [0, 0.1) is 12.7 Å². The molecule has 0 bridgehead atoms. The first-order chi connectivity index (χ1) is 10.5. The lowest BCUT2D eigenvalue weighted by Crippen LogP contribution is -2.31. The number of nitrogens with zero attached hydrogens (tertiary/aromatic N) is 2. The average Bonchev–Trinajstić information content (AvgIpc) is 2.50. The van der Waals surface area contributed by atoms with E-state index in [9.17, 15) is 14.0 Å². The zero-order chi connectivity index (χ0) is 15.9. The van der Waals surface area contributed by atoms with Crippen molar-refractivity contribution in [3.05, 3.63) is 69.9 Å². The minimum Gasteiger partial charge on any atom is -0.351 e. The van der Waals surface area contributed by atoms with Crippen molar-refractivity contribution in [2.24, 2.45) is 0 Å². The van der Waals surface area contributed by atoms with Gasteiger partial charge in [0, 0.05) is 18.7 Å². The summed E-state index contributed by atoms with van der Waals surface area (Å²) in [5.74, 6) is -0.609. The maximum absolute atomic E-state index is 12.7. The SMILES string of the molecule is Cc1ccc(=O)n(CCNC(=O)/C=C/c2ccc(F)cc2)n1. The topological polar surface area (TPSA) is 64.0 Å². The van der Waals surface area contributed by atoms with E-state index in [4.69, 9.17) is 0 Å². The maximum Gasteiger partial charge on any atom is 0.266 e. The van der Waals surface area contributed by atoms with Gasteiger partial charge in [-0.3, -0.25) is 9.59 Å². The summed E-state index contributed by atoms with van der Waals surface area (Å²) in [6, 6.07) is 8.90. The molecule has 22 heavy (non-hydrogen) atoms. The van der Waals surface area contributed by atoms with Crippen LogP contribution in [0.15, 0.2) is 47.3 Å². The van der Waals surface area contributed by atoms with Gasteiger partial charge in [0.2, 0.25) is 5.91 Å². The van der Waals surface area contributed by atoms with E-state index in [0.29, 0.717) is 13.1 Å². The van der Waals surface area contributed by atoms with Gasteiger partial charge in [-0.05, 0) is 36.8 Å². The molecule has 0 aliphatic rings. The number of amides is 1. The average molecular weight is 301 g/mol. The number of hydrogen-bond donors (Lipinski definition) is 1. The molecule has 1 N–H and O–H groups in total. The summed E-state index contributed by atoms with van der Waals surface area (Å²) in [5.41, 5.74) is 1.26. The molecule has 0 aliphatic heterocycles. The smallest absolute Gasteiger partial charge is 0.266 e. The first-order valence-corrected chi connectivity index (χ1v) is 6.81. The molecule has 0 saturated heterocycles. The van der Waals surface area contributed by atoms with Crippen molar-refractivity contribution < 1.29 is 9.18 Å². The molecule has 1 heterocycles. The Morgan fingerprint density at radius 2 is 2.00 bits per heavy atom. The number of benzene rings is 1. The molecule has 1 aromatic heterocycles. The summed E-state index contributed by atoms with van der Waals surface area (Å²) in [4.78, 5) is 23.2. The van der Waals surface area contributed by atoms with Crippen molar-refractivity contribution in [3.8, 4) is 0 Å². The number of aromatic nitrogens is 2. The molecule has 1 aromatic carbocycles. The Morgan fingerprint density at radius 1 is 1.27 bits per heavy atom. The number of carbonyl (C=O) groups is 1. The van der Waals surface area contributed by atoms with Gasteiger partial charge in [-0.1, -0.05) is 12.1 Å². The van der Waals surface area contributed by atoms with Crippen LogP contribution < -0.4 is 10.9 Å². The van der Waals surface area contributed by atoms with Crippen LogP contribution in [0.5, 0.6) is 0 Å². The first kappa shape index (κ1) is 15.6. The van der Waals surface area contributed by atoms with Crippen LogP contribution >= 0.6 is 0 Å². The monoisotopic (exact) mass is 301 g/mol. The fourth-order valence-corrected chi connectivity index (χ4v) is 1.80. The molecule has 2 rings (SSSR count). The van der Waals surface area contributed by atoms with E-state index < -0.39 is 0 Å². The number of hydrogen-bond acceptors (Lipinski definition) is 3. The van der Waals surface area contributed by atoms with E-state index in [2.05, 4.69) is 10.4 Å². The predicted octanol–water partition coefficient (Wildman–Crippen LogP) is 1.52. The minimum absolute atomic E-state index is 0.207. The lowest BCUT2D eigenvalue weighted by molar-refractivity contribution is -0.116. The van der Waals surface area contributed by atoms with E-state index >= 15 is 0 Å². The highest BCUT2D eigenvalue weighted by atomic mass is 19.1. The molecule has 0 unspecified atom stereocenters. The standard InChI is InChI=1S/C16H16FN3O2/c1-12-2-9-16(22)20(19-12)11-10-18-15(21)8-5-13-3-6-14(17)7-4-13/h2-9H,10-11H2,1H3,(H,18,21)/b8-5+. The third-order valence-electron chi connectivity index (χ3n) is 2.92. The fourth-order valence-electron chi connectivity index (χ4n) is 1.80. The van der Waals surface area contributed by atoms with Crippen LogP contribution in [0.2, 0.25) is 0 Å². The normalized spacial score (nSPS) is 10.8. The third-order valence-corrected chi connectivity index (χ3v) is 2.92. The third kappa shape index (κ3) is 4.66. The van der Waals surface area contributed by atoms with Crippen molar-refractivity contribution in [2.75, 3.05) is 6.54 Å². The van der Waals surface area contributed by atoms with Crippen LogP contribution in [-0.4, -0.2) is 22.2 Å². The van der Waals surface area contributed by atoms with Crippen LogP contribution in [0.3, 0.4) is 0 Å². The van der Waals surface area contributed by atoms with Gasteiger partial charge in [0.15, 0.2) is 0 Å². The fraction of sp³-hybridized carbons (Fsp3) is 0.188. The van der Waals surface area contributed by atoms with E-state index in [1.54, 1.807) is 31.2 Å². The molecule has 2 aromatic rings. The second-order valence-corrected chi connectivity index (χ2v) is 4.71. The number of rotatable bonds is 5. The van der Waals surface area contributed by atoms with Crippen molar-refractivity contribution in [2.45, 2.75) is 13.5 Å². The predicted molar refractivity (Wildman–Crippen MR) is 81.7 cm³/mol. The van der Waals surface area contributed by atoms with Crippen LogP contribution in [0.25, 0.3) is 6.08 Å². The molecule has 0 aliphatic carbocycles. The summed E-state index contributed by atoms with van der Waals surface area (Å²) in [7, 11) is 0. The Hall–Kier alpha value is -2.76. The summed E-state index contributed by atoms with van der Waals surface area (Å²) >= 11 is 0. The zero-order valence-electron chi connectivity index (χ0n) is 12.1. The maximum atomic E-state index is 12.7. The van der Waals surface area contributed by atoms with Crippen molar-refractivity contribution in [3.63, 3.8) is 0 Å². The van der Waals surface area contributed by atoms with E-state index in [1.165, 1.54) is 29.0 Å². The molecule has 0 fully saturated rings. The lowest BCUT2D eigenvalue weighted by Gasteiger charge is -2.05. The molecule has 114 valence electrons. The van der Waals surface area contributed by atoms with Crippen molar-refractivity contribution in [1.82, 2.24) is 15.1 Å².